The van der Waals surface area contributed by atoms with Gasteiger partial charge in [0, 0.05) is 5.56 Å². The zero-order valence-electron chi connectivity index (χ0n) is 10.3. The van der Waals surface area contributed by atoms with Gasteiger partial charge in [-0.05, 0) is 18.1 Å². The van der Waals surface area contributed by atoms with Crippen LogP contribution in [0.4, 0.5) is 0 Å². The van der Waals surface area contributed by atoms with Gasteiger partial charge in [-0.1, -0.05) is 32.0 Å². The van der Waals surface area contributed by atoms with Gasteiger partial charge in [-0.2, -0.15) is 0 Å². The summed E-state index contributed by atoms with van der Waals surface area (Å²) in [6.07, 6.45) is 0. The lowest BCUT2D eigenvalue weighted by Crippen LogP contribution is -2.65. The number of aliphatic carboxylic acids is 1. The average Bonchev–Trinajstić information content (AvgIpc) is 2.36. The first-order chi connectivity index (χ1) is 8.44. The second-order valence-electron chi connectivity index (χ2n) is 4.39. The number of nitrogens with one attached hydrogen (secondary N) is 1. The lowest BCUT2D eigenvalue weighted by Gasteiger charge is -2.37. The molecule has 0 fully saturated rings. The summed E-state index contributed by atoms with van der Waals surface area (Å²) >= 11 is 0. The van der Waals surface area contributed by atoms with Gasteiger partial charge in [0.05, 0.1) is 12.6 Å². The highest BCUT2D eigenvalue weighted by Crippen LogP contribution is 2.17. The second-order valence-corrected chi connectivity index (χ2v) is 4.39. The Labute approximate surface area is 105 Å². The zero-order valence-corrected chi connectivity index (χ0v) is 10.3. The molecular weight excluding hydrogens is 234 g/mol. The lowest BCUT2D eigenvalue weighted by molar-refractivity contribution is -0.317. The lowest BCUT2D eigenvalue weighted by atomic mass is 9.87. The van der Waals surface area contributed by atoms with Crippen molar-refractivity contribution in [3.63, 3.8) is 0 Å². The number of rotatable bonds is 5. The quantitative estimate of drug-likeness (QED) is 0.741. The molecule has 0 unspecified atom stereocenters. The molecule has 0 bridgehead atoms. The van der Waals surface area contributed by atoms with Gasteiger partial charge in [-0.15, -0.1) is 0 Å². The van der Waals surface area contributed by atoms with Crippen LogP contribution in [-0.4, -0.2) is 29.1 Å². The highest BCUT2D eigenvalue weighted by atomic mass is 16.4. The molecule has 0 spiro atoms. The van der Waals surface area contributed by atoms with E-state index in [2.05, 4.69) is 5.32 Å². The summed E-state index contributed by atoms with van der Waals surface area (Å²) in [5.41, 5.74) is -1.44. The van der Waals surface area contributed by atoms with Crippen LogP contribution in [0.1, 0.15) is 24.2 Å². The molecule has 0 aliphatic heterocycles. The van der Waals surface area contributed by atoms with E-state index in [4.69, 9.17) is 0 Å². The Kier molecular flexibility index (Phi) is 4.44. The molecule has 1 amide bonds. The second kappa shape index (κ2) is 5.64. The van der Waals surface area contributed by atoms with Crippen LogP contribution in [0, 0.1) is 5.92 Å². The van der Waals surface area contributed by atoms with E-state index in [1.807, 2.05) is 0 Å². The molecule has 0 radical (unpaired) electrons. The summed E-state index contributed by atoms with van der Waals surface area (Å²) in [7, 11) is 0. The third-order valence-corrected chi connectivity index (χ3v) is 2.97. The van der Waals surface area contributed by atoms with E-state index in [0.29, 0.717) is 5.56 Å². The van der Waals surface area contributed by atoms with Crippen LogP contribution in [0.15, 0.2) is 30.3 Å². The van der Waals surface area contributed by atoms with Gasteiger partial charge in [0.15, 0.2) is 0 Å². The standard InChI is InChI=1S/C13H17NO4/c1-9(2)13(8-15,12(17)18)14-11(16)10-6-4-3-5-7-10/h3-7,9,15H,8H2,1-2H3,(H,14,16)(H,17,18)/p-1/t13-/m0/s1. The fraction of sp³-hybridized carbons (Fsp3) is 0.385. The van der Waals surface area contributed by atoms with Gasteiger partial charge in [-0.3, -0.25) is 4.79 Å². The molecule has 1 rings (SSSR count). The smallest absolute Gasteiger partial charge is 0.252 e. The Morgan fingerprint density at radius 1 is 1.33 bits per heavy atom. The molecule has 5 heteroatoms. The van der Waals surface area contributed by atoms with Gasteiger partial charge in [0.25, 0.3) is 5.91 Å². The fourth-order valence-corrected chi connectivity index (χ4v) is 1.58. The van der Waals surface area contributed by atoms with Crippen LogP contribution in [0.5, 0.6) is 0 Å². The summed E-state index contributed by atoms with van der Waals surface area (Å²) < 4.78 is 0. The number of amides is 1. The highest BCUT2D eigenvalue weighted by Gasteiger charge is 2.36. The molecule has 98 valence electrons. The van der Waals surface area contributed by atoms with Crippen LogP contribution in [-0.2, 0) is 4.79 Å². The first-order valence-electron chi connectivity index (χ1n) is 5.64. The maximum absolute atomic E-state index is 11.9. The predicted molar refractivity (Wildman–Crippen MR) is 63.6 cm³/mol. The van der Waals surface area contributed by atoms with Crippen molar-refractivity contribution < 1.29 is 19.8 Å². The largest absolute Gasteiger partial charge is 0.547 e. The minimum absolute atomic E-state index is 0.331. The molecule has 0 aliphatic carbocycles. The number of benzene rings is 1. The third kappa shape index (κ3) is 2.68. The number of hydrogen-bond donors (Lipinski definition) is 2. The van der Waals surface area contributed by atoms with Crippen molar-refractivity contribution in [1.82, 2.24) is 5.32 Å². The minimum atomic E-state index is -1.77. The minimum Gasteiger partial charge on any atom is -0.547 e. The third-order valence-electron chi connectivity index (χ3n) is 2.97. The van der Waals surface area contributed by atoms with E-state index < -0.39 is 29.9 Å². The molecule has 1 aromatic rings. The Hall–Kier alpha value is -1.88. The summed E-state index contributed by atoms with van der Waals surface area (Å²) in [6, 6.07) is 8.21. The summed E-state index contributed by atoms with van der Waals surface area (Å²) in [5, 5.41) is 22.8. The summed E-state index contributed by atoms with van der Waals surface area (Å²) in [4.78, 5) is 23.1. The van der Waals surface area contributed by atoms with Gasteiger partial charge in [-0.25, -0.2) is 0 Å². The van der Waals surface area contributed by atoms with Crippen LogP contribution in [0.3, 0.4) is 0 Å². The first kappa shape index (κ1) is 14.2. The van der Waals surface area contributed by atoms with Gasteiger partial charge in [0.1, 0.15) is 5.54 Å². The van der Waals surface area contributed by atoms with E-state index in [-0.39, 0.29) is 0 Å². The van der Waals surface area contributed by atoms with Gasteiger partial charge < -0.3 is 20.3 Å². The molecule has 0 heterocycles. The molecule has 18 heavy (non-hydrogen) atoms. The SMILES string of the molecule is CC(C)[C@](CO)(NC(=O)c1ccccc1)C(=O)[O-]. The van der Waals surface area contributed by atoms with Crippen molar-refractivity contribution in [2.45, 2.75) is 19.4 Å². The van der Waals surface area contributed by atoms with E-state index in [1.54, 1.807) is 44.2 Å². The zero-order chi connectivity index (χ0) is 13.8. The van der Waals surface area contributed by atoms with Gasteiger partial charge >= 0.3 is 0 Å². The molecule has 0 saturated heterocycles. The van der Waals surface area contributed by atoms with Crippen LogP contribution >= 0.6 is 0 Å². The van der Waals surface area contributed by atoms with Crippen molar-refractivity contribution in [3.8, 4) is 0 Å². The van der Waals surface area contributed by atoms with Crippen molar-refractivity contribution in [3.05, 3.63) is 35.9 Å². The molecule has 1 atom stereocenters. The fourth-order valence-electron chi connectivity index (χ4n) is 1.58. The number of aliphatic hydroxyl groups excluding tert-OH is 1. The normalized spacial score (nSPS) is 14.0. The number of carbonyl (C=O) groups is 2. The maximum atomic E-state index is 11.9. The van der Waals surface area contributed by atoms with Crippen LogP contribution < -0.4 is 10.4 Å². The highest BCUT2D eigenvalue weighted by molar-refractivity contribution is 5.97. The number of carboxylic acids is 1. The van der Waals surface area contributed by atoms with E-state index in [1.165, 1.54) is 0 Å². The van der Waals surface area contributed by atoms with Crippen molar-refractivity contribution in [1.29, 1.82) is 0 Å². The number of hydrogen-bond acceptors (Lipinski definition) is 4. The molecular formula is C13H16NO4-. The number of aliphatic hydroxyl groups is 1. The molecule has 0 aliphatic rings. The van der Waals surface area contributed by atoms with Crippen molar-refractivity contribution in [2.75, 3.05) is 6.61 Å². The predicted octanol–water partition coefficient (Wildman–Crippen LogP) is -0.447. The first-order valence-corrected chi connectivity index (χ1v) is 5.64. The molecule has 0 aromatic heterocycles. The molecule has 5 nitrogen and oxygen atoms in total. The topological polar surface area (TPSA) is 89.5 Å². The molecule has 0 saturated carbocycles. The molecule has 1 aromatic carbocycles. The summed E-state index contributed by atoms with van der Waals surface area (Å²) in [5.74, 6) is -2.55. The Bertz CT molecular complexity index is 430. The average molecular weight is 250 g/mol. The van der Waals surface area contributed by atoms with E-state index >= 15 is 0 Å². The Morgan fingerprint density at radius 3 is 2.28 bits per heavy atom. The van der Waals surface area contributed by atoms with Crippen molar-refractivity contribution >= 4 is 11.9 Å². The van der Waals surface area contributed by atoms with Gasteiger partial charge in [0.2, 0.25) is 0 Å². The summed E-state index contributed by atoms with van der Waals surface area (Å²) in [6.45, 7) is 2.47. The van der Waals surface area contributed by atoms with E-state index in [9.17, 15) is 19.8 Å². The van der Waals surface area contributed by atoms with Crippen LogP contribution in [0.2, 0.25) is 0 Å². The Balaban J connectivity index is 2.99. The number of carboxylic acid groups (broad SMARTS) is 1. The van der Waals surface area contributed by atoms with E-state index in [0.717, 1.165) is 0 Å². The number of carbonyl (C=O) groups excluding carboxylic acids is 2. The maximum Gasteiger partial charge on any atom is 0.252 e. The monoisotopic (exact) mass is 250 g/mol. The Morgan fingerprint density at radius 2 is 1.89 bits per heavy atom. The molecule has 2 N–H and O–H groups in total. The van der Waals surface area contributed by atoms with Crippen LogP contribution in [0.25, 0.3) is 0 Å². The van der Waals surface area contributed by atoms with Crippen molar-refractivity contribution in [2.24, 2.45) is 5.92 Å².